The number of nitrogens with one attached hydrogen (secondary N) is 2. The van der Waals surface area contributed by atoms with E-state index in [1.165, 1.54) is 0 Å². The largest absolute Gasteiger partial charge is 0.326 e. The van der Waals surface area contributed by atoms with E-state index in [0.717, 1.165) is 26.2 Å². The van der Waals surface area contributed by atoms with Gasteiger partial charge >= 0.3 is 5.69 Å². The minimum atomic E-state index is -0.164. The molecule has 112 valence electrons. The van der Waals surface area contributed by atoms with E-state index in [2.05, 4.69) is 32.9 Å². The zero-order chi connectivity index (χ0) is 15.6. The van der Waals surface area contributed by atoms with Crippen molar-refractivity contribution < 1.29 is 4.79 Å². The van der Waals surface area contributed by atoms with Gasteiger partial charge in [-0.3, -0.25) is 9.36 Å². The number of nitrogens with zero attached hydrogens (tertiary/aromatic N) is 1. The van der Waals surface area contributed by atoms with Crippen molar-refractivity contribution in [1.29, 1.82) is 0 Å². The number of anilines is 1. The summed E-state index contributed by atoms with van der Waals surface area (Å²) in [4.78, 5) is 26.5. The average molecular weight is 399 g/mol. The number of H-pyrrole nitrogens is 1. The fourth-order valence-electron chi connectivity index (χ4n) is 2.14. The number of carbonyl (C=O) groups is 1. The first-order chi connectivity index (χ1) is 9.88. The Hall–Kier alpha value is -1.57. The normalized spacial score (nSPS) is 10.7. The van der Waals surface area contributed by atoms with Crippen LogP contribution in [0.4, 0.5) is 5.69 Å². The molecule has 2 rings (SSSR count). The number of imidazole rings is 1. The molecule has 0 unspecified atom stereocenters. The zero-order valence-electron chi connectivity index (χ0n) is 12.3. The standard InChI is InChI=1S/C15H18IN3O2/c1-9-8-12(16)4-5-13(9)18-14(20)6-7-19-11(3)10(2)17-15(19)21/h4-5,8H,6-7H2,1-3H3,(H,17,21)(H,18,20). The monoisotopic (exact) mass is 399 g/mol. The van der Waals surface area contributed by atoms with Gasteiger partial charge in [-0.15, -0.1) is 0 Å². The lowest BCUT2D eigenvalue weighted by Crippen LogP contribution is -2.22. The number of amides is 1. The topological polar surface area (TPSA) is 66.9 Å². The summed E-state index contributed by atoms with van der Waals surface area (Å²) >= 11 is 2.24. The highest BCUT2D eigenvalue weighted by Crippen LogP contribution is 2.17. The van der Waals surface area contributed by atoms with Crippen LogP contribution in [0.1, 0.15) is 23.4 Å². The highest BCUT2D eigenvalue weighted by Gasteiger charge is 2.10. The van der Waals surface area contributed by atoms with E-state index < -0.39 is 0 Å². The SMILES string of the molecule is Cc1cc(I)ccc1NC(=O)CCn1c(C)c(C)[nH]c1=O. The third kappa shape index (κ3) is 3.75. The van der Waals surface area contributed by atoms with Crippen LogP contribution in [0.2, 0.25) is 0 Å². The summed E-state index contributed by atoms with van der Waals surface area (Å²) in [6.45, 7) is 6.06. The Labute approximate surface area is 136 Å². The van der Waals surface area contributed by atoms with Crippen molar-refractivity contribution in [2.24, 2.45) is 0 Å². The van der Waals surface area contributed by atoms with E-state index >= 15 is 0 Å². The number of benzene rings is 1. The van der Waals surface area contributed by atoms with Crippen LogP contribution in [0.5, 0.6) is 0 Å². The number of aromatic nitrogens is 2. The van der Waals surface area contributed by atoms with Gasteiger partial charge in [-0.25, -0.2) is 4.79 Å². The lowest BCUT2D eigenvalue weighted by atomic mass is 10.2. The minimum Gasteiger partial charge on any atom is -0.326 e. The second kappa shape index (κ2) is 6.46. The van der Waals surface area contributed by atoms with Crippen molar-refractivity contribution in [3.63, 3.8) is 0 Å². The van der Waals surface area contributed by atoms with E-state index in [0.29, 0.717) is 6.54 Å². The molecule has 1 aromatic heterocycles. The first kappa shape index (κ1) is 15.8. The third-order valence-electron chi connectivity index (χ3n) is 3.51. The molecule has 21 heavy (non-hydrogen) atoms. The highest BCUT2D eigenvalue weighted by molar-refractivity contribution is 14.1. The number of hydrogen-bond acceptors (Lipinski definition) is 2. The van der Waals surface area contributed by atoms with Crippen LogP contribution in [0.25, 0.3) is 0 Å². The van der Waals surface area contributed by atoms with Crippen LogP contribution in [0.15, 0.2) is 23.0 Å². The van der Waals surface area contributed by atoms with Crippen LogP contribution in [0, 0.1) is 24.3 Å². The van der Waals surface area contributed by atoms with E-state index in [1.807, 2.05) is 39.0 Å². The van der Waals surface area contributed by atoms with Crippen molar-refractivity contribution in [1.82, 2.24) is 9.55 Å². The molecule has 2 aromatic rings. The summed E-state index contributed by atoms with van der Waals surface area (Å²) in [7, 11) is 0. The van der Waals surface area contributed by atoms with Gasteiger partial charge in [-0.2, -0.15) is 0 Å². The summed E-state index contributed by atoms with van der Waals surface area (Å²) in [5.41, 5.74) is 3.39. The van der Waals surface area contributed by atoms with Crippen molar-refractivity contribution in [2.45, 2.75) is 33.7 Å². The number of carbonyl (C=O) groups excluding carboxylic acids is 1. The van der Waals surface area contributed by atoms with Crippen molar-refractivity contribution in [3.05, 3.63) is 49.2 Å². The second-order valence-electron chi connectivity index (χ2n) is 5.05. The maximum atomic E-state index is 12.0. The summed E-state index contributed by atoms with van der Waals surface area (Å²) in [5.74, 6) is -0.0931. The number of aryl methyl sites for hydroxylation is 2. The fraction of sp³-hybridized carbons (Fsp3) is 0.333. The van der Waals surface area contributed by atoms with Crippen LogP contribution >= 0.6 is 22.6 Å². The Balaban J connectivity index is 2.01. The van der Waals surface area contributed by atoms with Crippen LogP contribution in [-0.4, -0.2) is 15.5 Å². The summed E-state index contributed by atoms with van der Waals surface area (Å²) < 4.78 is 2.73. The van der Waals surface area contributed by atoms with Crippen molar-refractivity contribution >= 4 is 34.2 Å². The second-order valence-corrected chi connectivity index (χ2v) is 6.30. The van der Waals surface area contributed by atoms with Crippen molar-refractivity contribution in [2.75, 3.05) is 5.32 Å². The molecule has 0 saturated carbocycles. The van der Waals surface area contributed by atoms with E-state index in [4.69, 9.17) is 0 Å². The van der Waals surface area contributed by atoms with Gasteiger partial charge < -0.3 is 10.3 Å². The molecule has 5 nitrogen and oxygen atoms in total. The Bertz CT molecular complexity index is 731. The average Bonchev–Trinajstić information content (AvgIpc) is 2.65. The highest BCUT2D eigenvalue weighted by atomic mass is 127. The molecule has 0 aliphatic rings. The van der Waals surface area contributed by atoms with E-state index in [-0.39, 0.29) is 18.0 Å². The third-order valence-corrected chi connectivity index (χ3v) is 4.18. The lowest BCUT2D eigenvalue weighted by Gasteiger charge is -2.09. The van der Waals surface area contributed by atoms with Crippen LogP contribution < -0.4 is 11.0 Å². The molecule has 1 heterocycles. The molecule has 0 aliphatic carbocycles. The predicted octanol–water partition coefficient (Wildman–Crippen LogP) is 2.74. The summed E-state index contributed by atoms with van der Waals surface area (Å²) in [5, 5.41) is 2.89. The van der Waals surface area contributed by atoms with Gasteiger partial charge in [0.25, 0.3) is 0 Å². The van der Waals surface area contributed by atoms with Gasteiger partial charge in [0.05, 0.1) is 0 Å². The van der Waals surface area contributed by atoms with Gasteiger partial charge in [0.15, 0.2) is 0 Å². The number of hydrogen-bond donors (Lipinski definition) is 2. The summed E-state index contributed by atoms with van der Waals surface area (Å²) in [6, 6.07) is 5.86. The Morgan fingerprint density at radius 1 is 1.33 bits per heavy atom. The van der Waals surface area contributed by atoms with Gasteiger partial charge in [-0.05, 0) is 67.1 Å². The predicted molar refractivity (Wildman–Crippen MR) is 91.7 cm³/mol. The molecular weight excluding hydrogens is 381 g/mol. The Kier molecular flexibility index (Phi) is 4.87. The Morgan fingerprint density at radius 2 is 2.05 bits per heavy atom. The van der Waals surface area contributed by atoms with Crippen LogP contribution in [0.3, 0.4) is 0 Å². The molecular formula is C15H18IN3O2. The molecule has 0 aliphatic heterocycles. The molecule has 0 radical (unpaired) electrons. The fourth-order valence-corrected chi connectivity index (χ4v) is 2.78. The van der Waals surface area contributed by atoms with E-state index in [1.54, 1.807) is 4.57 Å². The van der Waals surface area contributed by atoms with Gasteiger partial charge in [0.2, 0.25) is 5.91 Å². The van der Waals surface area contributed by atoms with Crippen LogP contribution in [-0.2, 0) is 11.3 Å². The molecule has 2 N–H and O–H groups in total. The van der Waals surface area contributed by atoms with Gasteiger partial charge in [-0.1, -0.05) is 0 Å². The zero-order valence-corrected chi connectivity index (χ0v) is 14.4. The molecule has 1 aromatic carbocycles. The number of rotatable bonds is 4. The summed E-state index contributed by atoms with van der Waals surface area (Å²) in [6.07, 6.45) is 0.267. The lowest BCUT2D eigenvalue weighted by molar-refractivity contribution is -0.116. The molecule has 6 heteroatoms. The molecule has 0 fully saturated rings. The maximum absolute atomic E-state index is 12.0. The minimum absolute atomic E-state index is 0.0931. The smallest absolute Gasteiger partial charge is 0.325 e. The Morgan fingerprint density at radius 3 is 2.62 bits per heavy atom. The quantitative estimate of drug-likeness (QED) is 0.777. The number of aromatic amines is 1. The van der Waals surface area contributed by atoms with Gasteiger partial charge in [0, 0.05) is 33.6 Å². The molecule has 0 bridgehead atoms. The number of halogens is 1. The van der Waals surface area contributed by atoms with E-state index in [9.17, 15) is 9.59 Å². The molecule has 0 atom stereocenters. The first-order valence-corrected chi connectivity index (χ1v) is 7.78. The maximum Gasteiger partial charge on any atom is 0.325 e. The first-order valence-electron chi connectivity index (χ1n) is 6.70. The van der Waals surface area contributed by atoms with Gasteiger partial charge in [0.1, 0.15) is 0 Å². The van der Waals surface area contributed by atoms with Crippen molar-refractivity contribution in [3.8, 4) is 0 Å². The molecule has 0 saturated heterocycles. The molecule has 0 spiro atoms. The molecule has 1 amide bonds.